The molecule has 0 aromatic carbocycles. The Hall–Kier alpha value is -2.15. The van der Waals surface area contributed by atoms with Crippen LogP contribution in [-0.2, 0) is 0 Å². The van der Waals surface area contributed by atoms with Crippen molar-refractivity contribution in [3.05, 3.63) is 28.7 Å². The van der Waals surface area contributed by atoms with E-state index in [2.05, 4.69) is 32.0 Å². The lowest BCUT2D eigenvalue weighted by atomic mass is 9.91. The fraction of sp³-hybridized carbons (Fsp3) is 0.500. The van der Waals surface area contributed by atoms with Gasteiger partial charge >= 0.3 is 0 Å². The van der Waals surface area contributed by atoms with Gasteiger partial charge in [0.2, 0.25) is 11.5 Å². The minimum absolute atomic E-state index is 0.150. The monoisotopic (exact) mass is 288 g/mol. The normalized spacial score (nSPS) is 17.9. The smallest absolute Gasteiger partial charge is 0.248 e. The number of aromatic nitrogens is 4. The molecule has 1 fully saturated rings. The summed E-state index contributed by atoms with van der Waals surface area (Å²) in [4.78, 5) is 20.6. The average molecular weight is 288 g/mol. The van der Waals surface area contributed by atoms with E-state index in [0.29, 0.717) is 17.7 Å². The maximum atomic E-state index is 11.3. The molecule has 1 unspecified atom stereocenters. The summed E-state index contributed by atoms with van der Waals surface area (Å²) in [5.74, 6) is 1.88. The van der Waals surface area contributed by atoms with Crippen LogP contribution in [-0.4, -0.2) is 39.3 Å². The van der Waals surface area contributed by atoms with E-state index in [0.717, 1.165) is 31.5 Å². The lowest BCUT2D eigenvalue weighted by molar-refractivity contribution is 0.352. The highest BCUT2D eigenvalue weighted by Crippen LogP contribution is 2.23. The first-order valence-corrected chi connectivity index (χ1v) is 7.25. The van der Waals surface area contributed by atoms with Crippen LogP contribution in [0.5, 0.6) is 0 Å². The van der Waals surface area contributed by atoms with Gasteiger partial charge in [-0.15, -0.1) is 5.10 Å². The second-order valence-electron chi connectivity index (χ2n) is 5.61. The van der Waals surface area contributed by atoms with Crippen LogP contribution in [0.15, 0.2) is 23.1 Å². The van der Waals surface area contributed by atoms with E-state index < -0.39 is 0 Å². The first-order chi connectivity index (χ1) is 10.1. The molecule has 3 heterocycles. The molecule has 21 heavy (non-hydrogen) atoms. The van der Waals surface area contributed by atoms with E-state index in [4.69, 9.17) is 5.73 Å². The zero-order valence-corrected chi connectivity index (χ0v) is 12.0. The lowest BCUT2D eigenvalue weighted by Crippen LogP contribution is -2.40. The van der Waals surface area contributed by atoms with Gasteiger partial charge < -0.3 is 15.6 Å². The molecule has 4 N–H and O–H groups in total. The van der Waals surface area contributed by atoms with Gasteiger partial charge in [-0.1, -0.05) is 0 Å². The Morgan fingerprint density at radius 3 is 2.86 bits per heavy atom. The van der Waals surface area contributed by atoms with Gasteiger partial charge in [-0.3, -0.25) is 9.89 Å². The zero-order valence-electron chi connectivity index (χ0n) is 12.0. The van der Waals surface area contributed by atoms with Crippen molar-refractivity contribution in [1.29, 1.82) is 0 Å². The molecule has 2 aromatic heterocycles. The fourth-order valence-electron chi connectivity index (χ4n) is 2.74. The summed E-state index contributed by atoms with van der Waals surface area (Å²) >= 11 is 0. The molecule has 0 aliphatic carbocycles. The molecular weight excluding hydrogens is 268 g/mol. The zero-order chi connectivity index (χ0) is 14.8. The van der Waals surface area contributed by atoms with Crippen LogP contribution < -0.4 is 16.2 Å². The largest absolute Gasteiger partial charge is 0.340 e. The SMILES string of the molecule is CC(N)C1CCN(c2n[nH]c(-c3cc[nH]c(=O)c3)n2)CC1. The fourth-order valence-corrected chi connectivity index (χ4v) is 2.74. The summed E-state index contributed by atoms with van der Waals surface area (Å²) in [6, 6.07) is 3.55. The number of nitrogens with zero attached hydrogens (tertiary/aromatic N) is 3. The summed E-state index contributed by atoms with van der Waals surface area (Å²) in [5, 5.41) is 7.16. The number of pyridine rings is 1. The molecule has 1 aliphatic rings. The number of aromatic amines is 2. The molecule has 0 radical (unpaired) electrons. The molecule has 112 valence electrons. The minimum atomic E-state index is -0.150. The molecule has 7 nitrogen and oxygen atoms in total. The van der Waals surface area contributed by atoms with Crippen LogP contribution in [0, 0.1) is 5.92 Å². The van der Waals surface area contributed by atoms with Crippen LogP contribution in [0.3, 0.4) is 0 Å². The van der Waals surface area contributed by atoms with Gasteiger partial charge in [-0.05, 0) is 31.7 Å². The Balaban J connectivity index is 1.73. The lowest BCUT2D eigenvalue weighted by Gasteiger charge is -2.32. The summed E-state index contributed by atoms with van der Waals surface area (Å²) in [7, 11) is 0. The molecule has 0 bridgehead atoms. The van der Waals surface area contributed by atoms with E-state index in [-0.39, 0.29) is 11.6 Å². The summed E-state index contributed by atoms with van der Waals surface area (Å²) < 4.78 is 0. The van der Waals surface area contributed by atoms with Crippen LogP contribution in [0.2, 0.25) is 0 Å². The third-order valence-electron chi connectivity index (χ3n) is 4.09. The average Bonchev–Trinajstić information content (AvgIpc) is 2.97. The first kappa shape index (κ1) is 13.8. The molecule has 7 heteroatoms. The molecule has 0 amide bonds. The Labute approximate surface area is 122 Å². The van der Waals surface area contributed by atoms with Crippen molar-refractivity contribution in [3.8, 4) is 11.4 Å². The van der Waals surface area contributed by atoms with Crippen molar-refractivity contribution < 1.29 is 0 Å². The summed E-state index contributed by atoms with van der Waals surface area (Å²) in [6.07, 6.45) is 3.73. The Kier molecular flexibility index (Phi) is 3.74. The van der Waals surface area contributed by atoms with E-state index >= 15 is 0 Å². The van der Waals surface area contributed by atoms with Crippen LogP contribution >= 0.6 is 0 Å². The Morgan fingerprint density at radius 1 is 1.43 bits per heavy atom. The third-order valence-corrected chi connectivity index (χ3v) is 4.09. The van der Waals surface area contributed by atoms with Gasteiger partial charge in [0, 0.05) is 37.0 Å². The number of hydrogen-bond acceptors (Lipinski definition) is 5. The van der Waals surface area contributed by atoms with Crippen molar-refractivity contribution in [2.24, 2.45) is 11.7 Å². The molecular formula is C14H20N6O. The summed E-state index contributed by atoms with van der Waals surface area (Å²) in [6.45, 7) is 3.90. The van der Waals surface area contributed by atoms with Crippen molar-refractivity contribution in [1.82, 2.24) is 20.2 Å². The highest BCUT2D eigenvalue weighted by Gasteiger charge is 2.24. The van der Waals surface area contributed by atoms with Gasteiger partial charge in [0.05, 0.1) is 0 Å². The molecule has 0 spiro atoms. The number of anilines is 1. The van der Waals surface area contributed by atoms with Crippen molar-refractivity contribution in [2.45, 2.75) is 25.8 Å². The van der Waals surface area contributed by atoms with E-state index in [1.165, 1.54) is 6.07 Å². The molecule has 1 atom stereocenters. The predicted octanol–water partition coefficient (Wildman–Crippen LogP) is 0.724. The van der Waals surface area contributed by atoms with E-state index in [1.54, 1.807) is 12.3 Å². The van der Waals surface area contributed by atoms with Crippen molar-refractivity contribution in [3.63, 3.8) is 0 Å². The number of hydrogen-bond donors (Lipinski definition) is 3. The maximum Gasteiger partial charge on any atom is 0.248 e. The molecule has 1 saturated heterocycles. The molecule has 2 aromatic rings. The number of piperidine rings is 1. The van der Waals surface area contributed by atoms with Crippen LogP contribution in [0.25, 0.3) is 11.4 Å². The second kappa shape index (κ2) is 5.69. The van der Waals surface area contributed by atoms with Crippen LogP contribution in [0.4, 0.5) is 5.95 Å². The van der Waals surface area contributed by atoms with Gasteiger partial charge in [-0.2, -0.15) is 4.98 Å². The maximum absolute atomic E-state index is 11.3. The minimum Gasteiger partial charge on any atom is -0.340 e. The van der Waals surface area contributed by atoms with Crippen molar-refractivity contribution in [2.75, 3.05) is 18.0 Å². The predicted molar refractivity (Wildman–Crippen MR) is 81.0 cm³/mol. The number of nitrogens with one attached hydrogen (secondary N) is 2. The number of nitrogens with two attached hydrogens (primary N) is 1. The quantitative estimate of drug-likeness (QED) is 0.772. The Morgan fingerprint density at radius 2 is 2.19 bits per heavy atom. The second-order valence-corrected chi connectivity index (χ2v) is 5.61. The third kappa shape index (κ3) is 2.97. The van der Waals surface area contributed by atoms with E-state index in [9.17, 15) is 4.79 Å². The van der Waals surface area contributed by atoms with Gasteiger partial charge in [0.15, 0.2) is 5.82 Å². The highest BCUT2D eigenvalue weighted by atomic mass is 16.1. The Bertz CT molecular complexity index is 653. The van der Waals surface area contributed by atoms with Crippen LogP contribution in [0.1, 0.15) is 19.8 Å². The standard InChI is InChI=1S/C14H20N6O/c1-9(15)10-3-6-20(7-4-10)14-17-13(18-19-14)11-2-5-16-12(21)8-11/h2,5,8-10H,3-4,6-7,15H2,1H3,(H,16,21)(H,17,18,19). The van der Waals surface area contributed by atoms with Gasteiger partial charge in [-0.25, -0.2) is 0 Å². The molecule has 1 aliphatic heterocycles. The summed E-state index contributed by atoms with van der Waals surface area (Å²) in [5.41, 5.74) is 6.55. The first-order valence-electron chi connectivity index (χ1n) is 7.25. The van der Waals surface area contributed by atoms with Gasteiger partial charge in [0.25, 0.3) is 0 Å². The van der Waals surface area contributed by atoms with Gasteiger partial charge in [0.1, 0.15) is 0 Å². The topological polar surface area (TPSA) is 104 Å². The van der Waals surface area contributed by atoms with E-state index in [1.807, 2.05) is 0 Å². The number of rotatable bonds is 3. The highest BCUT2D eigenvalue weighted by molar-refractivity contribution is 5.55. The molecule has 0 saturated carbocycles. The number of H-pyrrole nitrogens is 2. The molecule has 3 rings (SSSR count). The van der Waals surface area contributed by atoms with Crippen molar-refractivity contribution >= 4 is 5.95 Å².